The Bertz CT molecular complexity index is 1720. The van der Waals surface area contributed by atoms with E-state index in [4.69, 9.17) is 4.98 Å². The summed E-state index contributed by atoms with van der Waals surface area (Å²) in [5, 5.41) is 6.07. The van der Waals surface area contributed by atoms with Crippen LogP contribution in [0.4, 0.5) is 11.4 Å². The van der Waals surface area contributed by atoms with Gasteiger partial charge in [0.25, 0.3) is 5.56 Å². The van der Waals surface area contributed by atoms with Gasteiger partial charge in [0.15, 0.2) is 22.7 Å². The standard InChI is InChI=1S/C24H20N5O3S2/c1-26-21-19(23(31)27(2)24(26)32)28-12-18(30)29(3,17-9-11-34-20(17)22(28)25-21)16-6-4-14(5-7-16)15-8-10-33-13-15/h4-11,13H,12H2,1-3H3/q+1. The second-order valence-corrected chi connectivity index (χ2v) is 10.2. The third-order valence-corrected chi connectivity index (χ3v) is 8.29. The highest BCUT2D eigenvalue weighted by Crippen LogP contribution is 2.46. The molecule has 0 bridgehead atoms. The fourth-order valence-electron chi connectivity index (χ4n) is 4.67. The largest absolute Gasteiger partial charge is 0.343 e. The molecule has 0 spiro atoms. The first-order chi connectivity index (χ1) is 16.3. The van der Waals surface area contributed by atoms with Crippen LogP contribution in [-0.2, 0) is 25.4 Å². The Morgan fingerprint density at radius 2 is 1.71 bits per heavy atom. The Hall–Kier alpha value is -3.60. The Morgan fingerprint density at radius 1 is 0.941 bits per heavy atom. The van der Waals surface area contributed by atoms with Crippen molar-refractivity contribution in [2.75, 3.05) is 7.05 Å². The summed E-state index contributed by atoms with van der Waals surface area (Å²) in [4.78, 5) is 44.9. The van der Waals surface area contributed by atoms with Crippen LogP contribution in [0.25, 0.3) is 33.0 Å². The summed E-state index contributed by atoms with van der Waals surface area (Å²) in [7, 11) is 4.91. The number of quaternary nitrogens is 1. The Balaban J connectivity index is 1.58. The van der Waals surface area contributed by atoms with Crippen LogP contribution in [0, 0.1) is 0 Å². The summed E-state index contributed by atoms with van der Waals surface area (Å²) in [6.45, 7) is -0.0382. The molecule has 5 aromatic rings. The van der Waals surface area contributed by atoms with E-state index in [2.05, 4.69) is 11.4 Å². The van der Waals surface area contributed by atoms with Gasteiger partial charge >= 0.3 is 11.6 Å². The normalized spacial score (nSPS) is 17.6. The first-order valence-electron chi connectivity index (χ1n) is 10.6. The van der Waals surface area contributed by atoms with Gasteiger partial charge in [-0.15, -0.1) is 11.3 Å². The van der Waals surface area contributed by atoms with Crippen LogP contribution < -0.4 is 15.7 Å². The molecule has 1 aliphatic heterocycles. The van der Waals surface area contributed by atoms with E-state index in [-0.39, 0.29) is 28.1 Å². The van der Waals surface area contributed by atoms with Gasteiger partial charge in [0.1, 0.15) is 17.1 Å². The van der Waals surface area contributed by atoms with Gasteiger partial charge in [-0.2, -0.15) is 15.8 Å². The lowest BCUT2D eigenvalue weighted by molar-refractivity contribution is -0.127. The van der Waals surface area contributed by atoms with Crippen molar-refractivity contribution in [2.45, 2.75) is 6.54 Å². The van der Waals surface area contributed by atoms with Crippen molar-refractivity contribution in [2.24, 2.45) is 14.1 Å². The van der Waals surface area contributed by atoms with Crippen LogP contribution in [0.5, 0.6) is 0 Å². The minimum atomic E-state index is -0.459. The topological polar surface area (TPSA) is 78.9 Å². The summed E-state index contributed by atoms with van der Waals surface area (Å²) < 4.78 is 4.03. The number of thiophene rings is 2. The zero-order valence-corrected chi connectivity index (χ0v) is 20.3. The van der Waals surface area contributed by atoms with Crippen LogP contribution in [0.2, 0.25) is 0 Å². The van der Waals surface area contributed by atoms with E-state index in [0.717, 1.165) is 31.9 Å². The Labute approximate surface area is 201 Å². The molecule has 0 aliphatic carbocycles. The molecule has 0 radical (unpaired) electrons. The number of nitrogens with zero attached hydrogens (tertiary/aromatic N) is 5. The maximum atomic E-state index is 13.9. The van der Waals surface area contributed by atoms with Crippen molar-refractivity contribution >= 4 is 51.1 Å². The number of aryl methyl sites for hydroxylation is 1. The first-order valence-corrected chi connectivity index (χ1v) is 12.4. The van der Waals surface area contributed by atoms with Gasteiger partial charge in [0.05, 0.1) is 7.05 Å². The predicted octanol–water partition coefficient (Wildman–Crippen LogP) is 3.70. The molecule has 0 N–H and O–H groups in total. The minimum Gasteiger partial charge on any atom is -0.303 e. The highest BCUT2D eigenvalue weighted by atomic mass is 32.1. The maximum Gasteiger partial charge on any atom is 0.343 e. The van der Waals surface area contributed by atoms with E-state index in [1.165, 1.54) is 23.0 Å². The molecule has 34 heavy (non-hydrogen) atoms. The molecule has 8 nitrogen and oxygen atoms in total. The van der Waals surface area contributed by atoms with Crippen molar-refractivity contribution < 1.29 is 4.79 Å². The van der Waals surface area contributed by atoms with Crippen molar-refractivity contribution in [3.05, 3.63) is 73.4 Å². The van der Waals surface area contributed by atoms with Gasteiger partial charge < -0.3 is 4.57 Å². The van der Waals surface area contributed by atoms with E-state index in [0.29, 0.717) is 5.82 Å². The number of fused-ring (bicyclic) bond motifs is 5. The number of carbonyl (C=O) groups excluding carboxylic acids is 1. The number of carbonyl (C=O) groups is 1. The summed E-state index contributed by atoms with van der Waals surface area (Å²) in [5.74, 6) is 0.431. The number of hydrogen-bond acceptors (Lipinski definition) is 6. The molecule has 5 heterocycles. The highest BCUT2D eigenvalue weighted by Gasteiger charge is 2.44. The quantitative estimate of drug-likeness (QED) is 0.354. The number of amides is 1. The highest BCUT2D eigenvalue weighted by molar-refractivity contribution is 7.14. The Kier molecular flexibility index (Phi) is 4.44. The fraction of sp³-hybridized carbons (Fsp3) is 0.167. The second-order valence-electron chi connectivity index (χ2n) is 8.49. The third-order valence-electron chi connectivity index (χ3n) is 6.71. The van der Waals surface area contributed by atoms with Crippen molar-refractivity contribution in [1.29, 1.82) is 0 Å². The smallest absolute Gasteiger partial charge is 0.303 e. The molecule has 0 saturated carbocycles. The monoisotopic (exact) mass is 490 g/mol. The number of aromatic nitrogens is 4. The van der Waals surface area contributed by atoms with E-state index in [9.17, 15) is 14.4 Å². The van der Waals surface area contributed by atoms with Crippen molar-refractivity contribution in [1.82, 2.24) is 23.2 Å². The molecule has 1 atom stereocenters. The molecule has 6 rings (SSSR count). The van der Waals surface area contributed by atoms with Gasteiger partial charge in [-0.3, -0.25) is 13.9 Å². The Morgan fingerprint density at radius 3 is 2.41 bits per heavy atom. The summed E-state index contributed by atoms with van der Waals surface area (Å²) in [6.07, 6.45) is 0. The average Bonchev–Trinajstić information content (AvgIpc) is 3.60. The predicted molar refractivity (Wildman–Crippen MR) is 136 cm³/mol. The van der Waals surface area contributed by atoms with Crippen molar-refractivity contribution in [3.63, 3.8) is 0 Å². The lowest BCUT2D eigenvalue weighted by Crippen LogP contribution is -2.47. The molecular weight excluding hydrogens is 470 g/mol. The van der Waals surface area contributed by atoms with Crippen LogP contribution in [0.15, 0.2) is 62.1 Å². The SMILES string of the molecule is Cn1c(=O)c2c(nc3n2CC(=O)[N+](C)(c2ccc(-c4ccsc4)cc2)c2ccsc2-3)n(C)c1=O. The fourth-order valence-corrected chi connectivity index (χ4v) is 6.30. The van der Waals surface area contributed by atoms with Gasteiger partial charge in [0, 0.05) is 32.3 Å². The zero-order valence-electron chi connectivity index (χ0n) is 18.7. The number of imidazole rings is 1. The van der Waals surface area contributed by atoms with Crippen LogP contribution in [0.1, 0.15) is 0 Å². The number of likely N-dealkylation sites (N-methyl/N-ethyl adjacent to an activating group) is 1. The molecule has 1 amide bonds. The van der Waals surface area contributed by atoms with E-state index in [1.807, 2.05) is 48.1 Å². The van der Waals surface area contributed by atoms with Gasteiger partial charge in [-0.1, -0.05) is 0 Å². The van der Waals surface area contributed by atoms with E-state index < -0.39 is 11.2 Å². The van der Waals surface area contributed by atoms with Crippen LogP contribution >= 0.6 is 22.7 Å². The molecular formula is C24H20N5O3S2+. The molecule has 170 valence electrons. The van der Waals surface area contributed by atoms with E-state index >= 15 is 0 Å². The van der Waals surface area contributed by atoms with Gasteiger partial charge in [0.2, 0.25) is 0 Å². The van der Waals surface area contributed by atoms with Gasteiger partial charge in [-0.25, -0.2) is 14.6 Å². The number of benzene rings is 1. The maximum absolute atomic E-state index is 13.9. The lowest BCUT2D eigenvalue weighted by Gasteiger charge is -2.29. The number of hydrogen-bond donors (Lipinski definition) is 0. The molecule has 1 aromatic carbocycles. The molecule has 10 heteroatoms. The summed E-state index contributed by atoms with van der Waals surface area (Å²) in [6, 6.07) is 12.1. The average molecular weight is 491 g/mol. The summed E-state index contributed by atoms with van der Waals surface area (Å²) in [5.41, 5.74) is 3.50. The third kappa shape index (κ3) is 2.67. The van der Waals surface area contributed by atoms with Crippen molar-refractivity contribution in [3.8, 4) is 21.8 Å². The molecule has 0 fully saturated rings. The zero-order chi connectivity index (χ0) is 23.8. The number of rotatable bonds is 2. The van der Waals surface area contributed by atoms with Crippen LogP contribution in [0.3, 0.4) is 0 Å². The molecule has 1 unspecified atom stereocenters. The second kappa shape index (κ2) is 7.20. The summed E-state index contributed by atoms with van der Waals surface area (Å²) >= 11 is 3.12. The molecule has 0 saturated heterocycles. The minimum absolute atomic E-state index is 0.0382. The van der Waals surface area contributed by atoms with Gasteiger partial charge in [-0.05, 0) is 45.5 Å². The molecule has 4 aromatic heterocycles. The van der Waals surface area contributed by atoms with E-state index in [1.54, 1.807) is 23.0 Å². The first kappa shape index (κ1) is 21.0. The molecule has 1 aliphatic rings. The lowest BCUT2D eigenvalue weighted by atomic mass is 10.1. The van der Waals surface area contributed by atoms with Crippen LogP contribution in [-0.4, -0.2) is 31.6 Å².